The number of guanidine groups is 2. The number of aliphatic hydroxyl groups is 1. The zero-order valence-electron chi connectivity index (χ0n) is 20.1. The highest BCUT2D eigenvalue weighted by Crippen LogP contribution is 2.05. The summed E-state index contributed by atoms with van der Waals surface area (Å²) in [7, 11) is 0. The SMILES string of the molecule is CC(O)C(N)C(=O)NC(CCCN=C(N)N)C(=O)NC(CCCN=C(N)N)C(=O)NC(CS)C(=O)O. The molecule has 0 spiro atoms. The number of nitrogens with one attached hydrogen (secondary N) is 3. The molecular weight excluding hydrogens is 496 g/mol. The third-order valence-electron chi connectivity index (χ3n) is 4.78. The maximum atomic E-state index is 13.1. The molecule has 3 amide bonds. The molecule has 0 aliphatic carbocycles. The van der Waals surface area contributed by atoms with Crippen LogP contribution in [0.3, 0.4) is 0 Å². The van der Waals surface area contributed by atoms with Gasteiger partial charge in [-0.1, -0.05) is 0 Å². The summed E-state index contributed by atoms with van der Waals surface area (Å²) < 4.78 is 0. The van der Waals surface area contributed by atoms with E-state index in [1.54, 1.807) is 0 Å². The lowest BCUT2D eigenvalue weighted by Gasteiger charge is -2.25. The van der Waals surface area contributed by atoms with E-state index in [-0.39, 0.29) is 56.4 Å². The molecule has 17 heteroatoms. The van der Waals surface area contributed by atoms with Gasteiger partial charge in [0.2, 0.25) is 17.7 Å². The number of hydrogen-bond donors (Lipinski definition) is 11. The molecule has 5 atom stereocenters. The first-order chi connectivity index (χ1) is 16.8. The average Bonchev–Trinajstić information content (AvgIpc) is 2.79. The van der Waals surface area contributed by atoms with Crippen LogP contribution in [0.5, 0.6) is 0 Å². The van der Waals surface area contributed by atoms with Gasteiger partial charge in [-0.15, -0.1) is 0 Å². The summed E-state index contributed by atoms with van der Waals surface area (Å²) >= 11 is 3.91. The van der Waals surface area contributed by atoms with E-state index >= 15 is 0 Å². The third kappa shape index (κ3) is 13.5. The summed E-state index contributed by atoms with van der Waals surface area (Å²) in [6.45, 7) is 1.63. The van der Waals surface area contributed by atoms with Crippen molar-refractivity contribution in [3.05, 3.63) is 0 Å². The number of carboxylic acids is 1. The van der Waals surface area contributed by atoms with Crippen LogP contribution in [-0.4, -0.2) is 94.9 Å². The van der Waals surface area contributed by atoms with Crippen molar-refractivity contribution < 1.29 is 29.4 Å². The quantitative estimate of drug-likeness (QED) is 0.0364. The molecule has 206 valence electrons. The highest BCUT2D eigenvalue weighted by Gasteiger charge is 2.30. The Bertz CT molecular complexity index is 802. The zero-order valence-corrected chi connectivity index (χ0v) is 21.0. The van der Waals surface area contributed by atoms with Gasteiger partial charge in [0, 0.05) is 18.8 Å². The summed E-state index contributed by atoms with van der Waals surface area (Å²) in [6.07, 6.45) is -0.517. The van der Waals surface area contributed by atoms with Crippen molar-refractivity contribution in [2.24, 2.45) is 38.7 Å². The Balaban J connectivity index is 5.63. The first kappa shape index (κ1) is 32.7. The molecule has 0 radical (unpaired) electrons. The topological polar surface area (TPSA) is 300 Å². The molecule has 36 heavy (non-hydrogen) atoms. The highest BCUT2D eigenvalue weighted by atomic mass is 32.1. The largest absolute Gasteiger partial charge is 0.480 e. The summed E-state index contributed by atoms with van der Waals surface area (Å²) in [6, 6.07) is -4.94. The first-order valence-electron chi connectivity index (χ1n) is 11.1. The smallest absolute Gasteiger partial charge is 0.327 e. The van der Waals surface area contributed by atoms with Crippen LogP contribution in [0, 0.1) is 0 Å². The first-order valence-corrected chi connectivity index (χ1v) is 11.7. The summed E-state index contributed by atoms with van der Waals surface area (Å²) in [5.74, 6) is -4.10. The molecular formula is C19H38N10O6S. The van der Waals surface area contributed by atoms with E-state index in [4.69, 9.17) is 28.7 Å². The summed E-state index contributed by atoms with van der Waals surface area (Å²) in [5.41, 5.74) is 26.8. The predicted octanol–water partition coefficient (Wildman–Crippen LogP) is -4.73. The molecule has 0 rings (SSSR count). The number of thiol groups is 1. The van der Waals surface area contributed by atoms with Crippen molar-refractivity contribution in [2.75, 3.05) is 18.8 Å². The Labute approximate surface area is 214 Å². The Morgan fingerprint density at radius 2 is 1.19 bits per heavy atom. The van der Waals surface area contributed by atoms with Crippen LogP contribution in [-0.2, 0) is 19.2 Å². The van der Waals surface area contributed by atoms with E-state index in [0.29, 0.717) is 0 Å². The maximum Gasteiger partial charge on any atom is 0.327 e. The van der Waals surface area contributed by atoms with Gasteiger partial charge in [-0.2, -0.15) is 12.6 Å². The van der Waals surface area contributed by atoms with Gasteiger partial charge in [-0.05, 0) is 32.6 Å². The van der Waals surface area contributed by atoms with Gasteiger partial charge in [0.1, 0.15) is 24.2 Å². The van der Waals surface area contributed by atoms with Crippen LogP contribution < -0.4 is 44.6 Å². The number of carbonyl (C=O) groups excluding carboxylic acids is 3. The fourth-order valence-electron chi connectivity index (χ4n) is 2.76. The van der Waals surface area contributed by atoms with Crippen molar-refractivity contribution in [2.45, 2.75) is 62.9 Å². The molecule has 15 N–H and O–H groups in total. The second-order valence-electron chi connectivity index (χ2n) is 7.87. The second kappa shape index (κ2) is 17.2. The summed E-state index contributed by atoms with van der Waals surface area (Å²) in [4.78, 5) is 57.1. The number of nitrogens with zero attached hydrogens (tertiary/aromatic N) is 2. The molecule has 0 fully saturated rings. The number of nitrogens with two attached hydrogens (primary N) is 5. The van der Waals surface area contributed by atoms with Crippen molar-refractivity contribution in [1.29, 1.82) is 0 Å². The second-order valence-corrected chi connectivity index (χ2v) is 8.23. The maximum absolute atomic E-state index is 13.1. The Hall–Kier alpha value is -3.31. The van der Waals surface area contributed by atoms with Crippen LogP contribution in [0.4, 0.5) is 0 Å². The number of aliphatic imine (C=N–C) groups is 2. The lowest BCUT2D eigenvalue weighted by atomic mass is 10.1. The average molecular weight is 535 g/mol. The van der Waals surface area contributed by atoms with Gasteiger partial charge in [0.15, 0.2) is 11.9 Å². The molecule has 0 aromatic rings. The fourth-order valence-corrected chi connectivity index (χ4v) is 3.01. The van der Waals surface area contributed by atoms with E-state index < -0.39 is 54.0 Å². The highest BCUT2D eigenvalue weighted by molar-refractivity contribution is 7.80. The lowest BCUT2D eigenvalue weighted by molar-refractivity contribution is -0.141. The monoisotopic (exact) mass is 534 g/mol. The molecule has 0 aliphatic rings. The number of rotatable bonds is 17. The van der Waals surface area contributed by atoms with Crippen LogP contribution in [0.15, 0.2) is 9.98 Å². The van der Waals surface area contributed by atoms with Crippen LogP contribution >= 0.6 is 12.6 Å². The van der Waals surface area contributed by atoms with E-state index in [1.807, 2.05) is 0 Å². The van der Waals surface area contributed by atoms with E-state index in [1.165, 1.54) is 6.92 Å². The Morgan fingerprint density at radius 1 is 0.806 bits per heavy atom. The fraction of sp³-hybridized carbons (Fsp3) is 0.684. The molecule has 0 heterocycles. The Morgan fingerprint density at radius 3 is 1.53 bits per heavy atom. The zero-order chi connectivity index (χ0) is 27.8. The molecule has 0 aliphatic heterocycles. The third-order valence-corrected chi connectivity index (χ3v) is 5.14. The van der Waals surface area contributed by atoms with Crippen molar-refractivity contribution in [1.82, 2.24) is 16.0 Å². The van der Waals surface area contributed by atoms with E-state index in [2.05, 4.69) is 38.6 Å². The number of amides is 3. The summed E-state index contributed by atoms with van der Waals surface area (Å²) in [5, 5.41) is 26.0. The Kier molecular flexibility index (Phi) is 15.6. The molecule has 0 saturated carbocycles. The molecule has 16 nitrogen and oxygen atoms in total. The van der Waals surface area contributed by atoms with Crippen molar-refractivity contribution in [3.8, 4) is 0 Å². The molecule has 0 aromatic heterocycles. The van der Waals surface area contributed by atoms with E-state index in [9.17, 15) is 29.4 Å². The predicted molar refractivity (Wildman–Crippen MR) is 137 cm³/mol. The number of aliphatic carboxylic acids is 1. The minimum Gasteiger partial charge on any atom is -0.480 e. The van der Waals surface area contributed by atoms with Gasteiger partial charge in [0.25, 0.3) is 0 Å². The molecule has 0 saturated heterocycles. The number of carboxylic acid groups (broad SMARTS) is 1. The van der Waals surface area contributed by atoms with Crippen molar-refractivity contribution in [3.63, 3.8) is 0 Å². The van der Waals surface area contributed by atoms with Gasteiger partial charge >= 0.3 is 5.97 Å². The van der Waals surface area contributed by atoms with Crippen LogP contribution in [0.1, 0.15) is 32.6 Å². The molecule has 0 aromatic carbocycles. The minimum atomic E-state index is -1.30. The normalized spacial score (nSPS) is 14.8. The minimum absolute atomic E-state index is 0.0507. The number of aliphatic hydroxyl groups excluding tert-OH is 1. The standard InChI is InChI=1S/C19H38N10O6S/c1-9(30)13(20)16(33)28-11(5-3-7-26-19(23)24)14(31)27-10(4-2-6-25-18(21)22)15(32)29-12(8-36)17(34)35/h9-13,30,36H,2-8,20H2,1H3,(H,27,31)(H,28,33)(H,29,32)(H,34,35)(H4,21,22,25)(H4,23,24,26). The van der Waals surface area contributed by atoms with Crippen LogP contribution in [0.25, 0.3) is 0 Å². The lowest BCUT2D eigenvalue weighted by Crippen LogP contribution is -2.58. The van der Waals surface area contributed by atoms with Gasteiger partial charge < -0.3 is 54.8 Å². The van der Waals surface area contributed by atoms with Crippen LogP contribution in [0.2, 0.25) is 0 Å². The molecule has 0 bridgehead atoms. The van der Waals surface area contributed by atoms with Gasteiger partial charge in [-0.25, -0.2) is 4.79 Å². The number of hydrogen-bond acceptors (Lipinski definition) is 9. The molecule has 5 unspecified atom stereocenters. The number of carbonyl (C=O) groups is 4. The van der Waals surface area contributed by atoms with Crippen molar-refractivity contribution >= 4 is 48.2 Å². The van der Waals surface area contributed by atoms with Gasteiger partial charge in [0.05, 0.1) is 6.10 Å². The van der Waals surface area contributed by atoms with E-state index in [0.717, 1.165) is 0 Å². The van der Waals surface area contributed by atoms with Gasteiger partial charge in [-0.3, -0.25) is 24.4 Å².